The fraction of sp³-hybridized carbons (Fsp3) is 0.583. The Labute approximate surface area is 90.9 Å². The molecule has 0 aliphatic heterocycles. The van der Waals surface area contributed by atoms with E-state index in [0.717, 1.165) is 5.69 Å². The highest BCUT2D eigenvalue weighted by Gasteiger charge is 2.14. The molecule has 15 heavy (non-hydrogen) atoms. The van der Waals surface area contributed by atoms with Crippen LogP contribution in [0.4, 0.5) is 5.69 Å². The van der Waals surface area contributed by atoms with Crippen molar-refractivity contribution in [1.29, 1.82) is 0 Å². The number of methoxy groups -OCH3 is 1. The molecule has 82 valence electrons. The molecule has 3 heteroatoms. The lowest BCUT2D eigenvalue weighted by Crippen LogP contribution is -2.22. The summed E-state index contributed by atoms with van der Waals surface area (Å²) in [6.07, 6.45) is 8.32. The van der Waals surface area contributed by atoms with Crippen molar-refractivity contribution in [1.82, 2.24) is 4.98 Å². The molecule has 0 bridgehead atoms. The van der Waals surface area contributed by atoms with Gasteiger partial charge >= 0.3 is 0 Å². The summed E-state index contributed by atoms with van der Waals surface area (Å²) in [6, 6.07) is 4.56. The minimum Gasteiger partial charge on any atom is -0.480 e. The maximum Gasteiger partial charge on any atom is 0.237 e. The average Bonchev–Trinajstić information content (AvgIpc) is 2.31. The van der Waals surface area contributed by atoms with E-state index in [1.54, 1.807) is 13.3 Å². The normalized spacial score (nSPS) is 17.4. The third-order valence-corrected chi connectivity index (χ3v) is 2.93. The molecule has 0 radical (unpaired) electrons. The molecule has 1 aliphatic rings. The molecule has 3 nitrogen and oxygen atoms in total. The molecule has 0 amide bonds. The third kappa shape index (κ3) is 2.61. The maximum atomic E-state index is 5.21. The number of hydrogen-bond donors (Lipinski definition) is 1. The molecule has 0 atom stereocenters. The minimum atomic E-state index is 0.594. The van der Waals surface area contributed by atoms with Crippen LogP contribution in [0.3, 0.4) is 0 Å². The number of pyridine rings is 1. The third-order valence-electron chi connectivity index (χ3n) is 2.93. The second-order valence-corrected chi connectivity index (χ2v) is 4.04. The molecule has 0 aromatic carbocycles. The summed E-state index contributed by atoms with van der Waals surface area (Å²) in [5.41, 5.74) is 1.02. The molecular weight excluding hydrogens is 188 g/mol. The highest BCUT2D eigenvalue weighted by atomic mass is 16.5. The summed E-state index contributed by atoms with van der Waals surface area (Å²) < 4.78 is 5.21. The van der Waals surface area contributed by atoms with Gasteiger partial charge in [0.2, 0.25) is 5.88 Å². The van der Waals surface area contributed by atoms with Crippen LogP contribution in [-0.2, 0) is 0 Å². The van der Waals surface area contributed by atoms with Crippen molar-refractivity contribution in [3.63, 3.8) is 0 Å². The van der Waals surface area contributed by atoms with Gasteiger partial charge in [0.1, 0.15) is 0 Å². The van der Waals surface area contributed by atoms with Crippen LogP contribution in [0.15, 0.2) is 18.3 Å². The Morgan fingerprint density at radius 3 is 2.87 bits per heavy atom. The summed E-state index contributed by atoms with van der Waals surface area (Å²) in [5, 5.41) is 3.51. The van der Waals surface area contributed by atoms with Crippen molar-refractivity contribution in [3.8, 4) is 5.88 Å². The van der Waals surface area contributed by atoms with Crippen LogP contribution in [0.25, 0.3) is 0 Å². The van der Waals surface area contributed by atoms with Crippen LogP contribution >= 0.6 is 0 Å². The monoisotopic (exact) mass is 206 g/mol. The van der Waals surface area contributed by atoms with Crippen LogP contribution in [0.2, 0.25) is 0 Å². The second-order valence-electron chi connectivity index (χ2n) is 4.04. The van der Waals surface area contributed by atoms with E-state index in [-0.39, 0.29) is 0 Å². The Kier molecular flexibility index (Phi) is 3.43. The summed E-state index contributed by atoms with van der Waals surface area (Å²) in [4.78, 5) is 4.18. The van der Waals surface area contributed by atoms with Crippen molar-refractivity contribution in [3.05, 3.63) is 18.3 Å². The van der Waals surface area contributed by atoms with E-state index in [2.05, 4.69) is 10.3 Å². The quantitative estimate of drug-likeness (QED) is 0.825. The predicted octanol–water partition coefficient (Wildman–Crippen LogP) is 2.83. The van der Waals surface area contributed by atoms with E-state index in [4.69, 9.17) is 4.74 Å². The van der Waals surface area contributed by atoms with Crippen LogP contribution < -0.4 is 10.1 Å². The standard InChI is InChI=1S/C12H18N2O/c1-15-12-11(8-5-9-13-12)14-10-6-3-2-4-7-10/h5,8-10,14H,2-4,6-7H2,1H3. The minimum absolute atomic E-state index is 0.594. The molecule has 1 aliphatic carbocycles. The topological polar surface area (TPSA) is 34.1 Å². The number of nitrogens with one attached hydrogen (secondary N) is 1. The molecule has 2 rings (SSSR count). The Balaban J connectivity index is 2.02. The molecule has 1 heterocycles. The zero-order valence-electron chi connectivity index (χ0n) is 9.20. The number of aromatic nitrogens is 1. The molecule has 1 fully saturated rings. The number of nitrogens with zero attached hydrogens (tertiary/aromatic N) is 1. The van der Waals surface area contributed by atoms with Gasteiger partial charge in [-0.1, -0.05) is 19.3 Å². The lowest BCUT2D eigenvalue weighted by atomic mass is 9.95. The van der Waals surface area contributed by atoms with Crippen molar-refractivity contribution in [2.45, 2.75) is 38.1 Å². The van der Waals surface area contributed by atoms with Gasteiger partial charge in [-0.25, -0.2) is 4.98 Å². The fourth-order valence-corrected chi connectivity index (χ4v) is 2.13. The molecule has 0 spiro atoms. The Morgan fingerprint density at radius 1 is 1.33 bits per heavy atom. The Hall–Kier alpha value is -1.25. The van der Waals surface area contributed by atoms with Crippen molar-refractivity contribution < 1.29 is 4.74 Å². The summed E-state index contributed by atoms with van der Waals surface area (Å²) >= 11 is 0. The second kappa shape index (κ2) is 5.01. The molecule has 1 N–H and O–H groups in total. The molecule has 1 aromatic rings. The van der Waals surface area contributed by atoms with Gasteiger partial charge in [-0.05, 0) is 25.0 Å². The van der Waals surface area contributed by atoms with Crippen LogP contribution in [-0.4, -0.2) is 18.1 Å². The fourth-order valence-electron chi connectivity index (χ4n) is 2.13. The highest BCUT2D eigenvalue weighted by Crippen LogP contribution is 2.25. The number of ether oxygens (including phenoxy) is 1. The number of hydrogen-bond acceptors (Lipinski definition) is 3. The van der Waals surface area contributed by atoms with E-state index < -0.39 is 0 Å². The number of rotatable bonds is 3. The zero-order chi connectivity index (χ0) is 10.5. The van der Waals surface area contributed by atoms with Crippen LogP contribution in [0.5, 0.6) is 5.88 Å². The lowest BCUT2D eigenvalue weighted by molar-refractivity contribution is 0.397. The summed E-state index contributed by atoms with van der Waals surface area (Å²) in [6.45, 7) is 0. The first-order chi connectivity index (χ1) is 7.40. The van der Waals surface area contributed by atoms with Crippen molar-refractivity contribution in [2.75, 3.05) is 12.4 Å². The van der Waals surface area contributed by atoms with Crippen LogP contribution in [0.1, 0.15) is 32.1 Å². The van der Waals surface area contributed by atoms with E-state index in [0.29, 0.717) is 11.9 Å². The van der Waals surface area contributed by atoms with E-state index >= 15 is 0 Å². The number of anilines is 1. The highest BCUT2D eigenvalue weighted by molar-refractivity contribution is 5.52. The first-order valence-corrected chi connectivity index (χ1v) is 5.65. The largest absolute Gasteiger partial charge is 0.480 e. The van der Waals surface area contributed by atoms with Gasteiger partial charge in [0.25, 0.3) is 0 Å². The first-order valence-electron chi connectivity index (χ1n) is 5.65. The molecule has 0 unspecified atom stereocenters. The first kappa shape index (κ1) is 10.3. The SMILES string of the molecule is COc1ncccc1NC1CCCCC1. The van der Waals surface area contributed by atoms with E-state index in [1.807, 2.05) is 12.1 Å². The van der Waals surface area contributed by atoms with Gasteiger partial charge in [0, 0.05) is 12.2 Å². The Bertz CT molecular complexity index is 308. The van der Waals surface area contributed by atoms with Gasteiger partial charge < -0.3 is 10.1 Å². The average molecular weight is 206 g/mol. The predicted molar refractivity (Wildman–Crippen MR) is 61.3 cm³/mol. The maximum absolute atomic E-state index is 5.21. The molecule has 1 aromatic heterocycles. The van der Waals surface area contributed by atoms with Gasteiger partial charge in [-0.15, -0.1) is 0 Å². The smallest absolute Gasteiger partial charge is 0.237 e. The van der Waals surface area contributed by atoms with Gasteiger partial charge in [0.05, 0.1) is 12.8 Å². The summed E-state index contributed by atoms with van der Waals surface area (Å²) in [5.74, 6) is 0.697. The molecular formula is C12H18N2O. The molecule has 1 saturated carbocycles. The van der Waals surface area contributed by atoms with Crippen LogP contribution in [0, 0.1) is 0 Å². The summed E-state index contributed by atoms with van der Waals surface area (Å²) in [7, 11) is 1.66. The van der Waals surface area contributed by atoms with Crippen molar-refractivity contribution >= 4 is 5.69 Å². The van der Waals surface area contributed by atoms with Gasteiger partial charge in [-0.2, -0.15) is 0 Å². The van der Waals surface area contributed by atoms with E-state index in [9.17, 15) is 0 Å². The van der Waals surface area contributed by atoms with Gasteiger partial charge in [-0.3, -0.25) is 0 Å². The lowest BCUT2D eigenvalue weighted by Gasteiger charge is -2.24. The Morgan fingerprint density at radius 2 is 2.13 bits per heavy atom. The van der Waals surface area contributed by atoms with Gasteiger partial charge in [0.15, 0.2) is 0 Å². The molecule has 0 saturated heterocycles. The zero-order valence-corrected chi connectivity index (χ0v) is 9.20. The van der Waals surface area contributed by atoms with E-state index in [1.165, 1.54) is 32.1 Å². The van der Waals surface area contributed by atoms with Crippen molar-refractivity contribution in [2.24, 2.45) is 0 Å².